The summed E-state index contributed by atoms with van der Waals surface area (Å²) in [5, 5.41) is 19.9. The van der Waals surface area contributed by atoms with E-state index in [0.29, 0.717) is 24.2 Å². The number of aryl methyl sites for hydroxylation is 2. The summed E-state index contributed by atoms with van der Waals surface area (Å²) in [7, 11) is 0. The van der Waals surface area contributed by atoms with Crippen molar-refractivity contribution in [2.75, 3.05) is 6.54 Å². The topological polar surface area (TPSA) is 113 Å². The second-order valence-electron chi connectivity index (χ2n) is 5.21. The van der Waals surface area contributed by atoms with Gasteiger partial charge >= 0.3 is 0 Å². The molecule has 2 aromatic rings. The molecule has 0 saturated heterocycles. The highest BCUT2D eigenvalue weighted by Crippen LogP contribution is 2.09. The highest BCUT2D eigenvalue weighted by Gasteiger charge is 2.19. The number of hydrogen-bond acceptors (Lipinski definition) is 5. The lowest BCUT2D eigenvalue weighted by Crippen LogP contribution is -2.43. The standard InChI is InChI=1S/C15H20N6O2/c1-4-11(8-16-14(22)12-6-5-7-17-21-12)18-15(23)13-9(2)19-20-10(13)3/h5-7,11H,4,8H2,1-3H3,(H,16,22)(H,18,23)(H,19,20)/t11-/m1/s1. The molecule has 0 spiro atoms. The lowest BCUT2D eigenvalue weighted by atomic mass is 10.1. The summed E-state index contributed by atoms with van der Waals surface area (Å²) in [5.74, 6) is -0.518. The van der Waals surface area contributed by atoms with Gasteiger partial charge in [0.05, 0.1) is 11.3 Å². The minimum Gasteiger partial charge on any atom is -0.349 e. The smallest absolute Gasteiger partial charge is 0.271 e. The number of aromatic nitrogens is 4. The lowest BCUT2D eigenvalue weighted by molar-refractivity contribution is 0.0904. The normalized spacial score (nSPS) is 11.8. The molecular formula is C15H20N6O2. The van der Waals surface area contributed by atoms with Gasteiger partial charge in [0.1, 0.15) is 0 Å². The quantitative estimate of drug-likeness (QED) is 0.728. The number of aromatic amines is 1. The predicted octanol–water partition coefficient (Wildman–Crippen LogP) is 0.755. The zero-order chi connectivity index (χ0) is 16.8. The molecule has 2 heterocycles. The monoisotopic (exact) mass is 316 g/mol. The van der Waals surface area contributed by atoms with Gasteiger partial charge in [0.25, 0.3) is 11.8 Å². The number of hydrogen-bond donors (Lipinski definition) is 3. The molecule has 1 atom stereocenters. The summed E-state index contributed by atoms with van der Waals surface area (Å²) in [5.41, 5.74) is 2.16. The van der Waals surface area contributed by atoms with E-state index in [0.717, 1.165) is 5.69 Å². The van der Waals surface area contributed by atoms with Crippen molar-refractivity contribution in [3.05, 3.63) is 41.0 Å². The molecule has 8 nitrogen and oxygen atoms in total. The number of H-pyrrole nitrogens is 1. The van der Waals surface area contributed by atoms with Gasteiger partial charge in [0.15, 0.2) is 5.69 Å². The lowest BCUT2D eigenvalue weighted by Gasteiger charge is -2.17. The van der Waals surface area contributed by atoms with Crippen molar-refractivity contribution in [3.8, 4) is 0 Å². The zero-order valence-corrected chi connectivity index (χ0v) is 13.4. The molecule has 0 saturated carbocycles. The Morgan fingerprint density at radius 1 is 1.30 bits per heavy atom. The molecule has 8 heteroatoms. The first-order valence-electron chi connectivity index (χ1n) is 7.41. The van der Waals surface area contributed by atoms with Crippen molar-refractivity contribution in [2.24, 2.45) is 0 Å². The number of carbonyl (C=O) groups is 2. The van der Waals surface area contributed by atoms with Crippen molar-refractivity contribution in [2.45, 2.75) is 33.2 Å². The summed E-state index contributed by atoms with van der Waals surface area (Å²) in [6, 6.07) is 3.04. The Labute approximate surface area is 134 Å². The molecule has 122 valence electrons. The van der Waals surface area contributed by atoms with E-state index in [1.807, 2.05) is 6.92 Å². The molecule has 0 aliphatic heterocycles. The molecular weight excluding hydrogens is 296 g/mol. The van der Waals surface area contributed by atoms with E-state index in [1.165, 1.54) is 6.20 Å². The van der Waals surface area contributed by atoms with Gasteiger partial charge in [-0.25, -0.2) is 0 Å². The molecule has 0 radical (unpaired) electrons. The van der Waals surface area contributed by atoms with Gasteiger partial charge in [-0.3, -0.25) is 14.7 Å². The van der Waals surface area contributed by atoms with Gasteiger partial charge in [-0.2, -0.15) is 10.2 Å². The van der Waals surface area contributed by atoms with Crippen LogP contribution in [0.1, 0.15) is 45.6 Å². The fourth-order valence-electron chi connectivity index (χ4n) is 2.17. The maximum absolute atomic E-state index is 12.3. The van der Waals surface area contributed by atoms with Crippen LogP contribution in [-0.4, -0.2) is 44.8 Å². The van der Waals surface area contributed by atoms with Crippen molar-refractivity contribution in [1.82, 2.24) is 31.0 Å². The van der Waals surface area contributed by atoms with Crippen LogP contribution in [0, 0.1) is 13.8 Å². The maximum Gasteiger partial charge on any atom is 0.271 e. The van der Waals surface area contributed by atoms with E-state index in [9.17, 15) is 9.59 Å². The van der Waals surface area contributed by atoms with Crippen LogP contribution in [0.25, 0.3) is 0 Å². The van der Waals surface area contributed by atoms with Crippen molar-refractivity contribution in [3.63, 3.8) is 0 Å². The summed E-state index contributed by atoms with van der Waals surface area (Å²) in [6.07, 6.45) is 2.18. The van der Waals surface area contributed by atoms with Gasteiger partial charge in [-0.1, -0.05) is 6.92 Å². The van der Waals surface area contributed by atoms with E-state index >= 15 is 0 Å². The van der Waals surface area contributed by atoms with Crippen LogP contribution in [0.15, 0.2) is 18.3 Å². The molecule has 2 rings (SSSR count). The first-order valence-corrected chi connectivity index (χ1v) is 7.41. The SMILES string of the molecule is CC[C@H](CNC(=O)c1cccnn1)NC(=O)c1c(C)n[nH]c1C. The molecule has 0 aliphatic rings. The largest absolute Gasteiger partial charge is 0.349 e. The van der Waals surface area contributed by atoms with Crippen LogP contribution in [0.5, 0.6) is 0 Å². The zero-order valence-electron chi connectivity index (χ0n) is 13.4. The second kappa shape index (κ2) is 7.48. The third-order valence-electron chi connectivity index (χ3n) is 3.50. The Bertz CT molecular complexity index is 663. The molecule has 2 aromatic heterocycles. The Morgan fingerprint density at radius 2 is 2.09 bits per heavy atom. The van der Waals surface area contributed by atoms with Crippen LogP contribution in [-0.2, 0) is 0 Å². The van der Waals surface area contributed by atoms with Crippen molar-refractivity contribution < 1.29 is 9.59 Å². The van der Waals surface area contributed by atoms with Crippen molar-refractivity contribution in [1.29, 1.82) is 0 Å². The summed E-state index contributed by atoms with van der Waals surface area (Å²) < 4.78 is 0. The van der Waals surface area contributed by atoms with E-state index in [4.69, 9.17) is 0 Å². The van der Waals surface area contributed by atoms with Crippen LogP contribution in [0.3, 0.4) is 0 Å². The Hall–Kier alpha value is -2.77. The van der Waals surface area contributed by atoms with E-state index in [1.54, 1.807) is 26.0 Å². The molecule has 0 aliphatic carbocycles. The highest BCUT2D eigenvalue weighted by molar-refractivity contribution is 5.96. The first-order chi connectivity index (χ1) is 11.0. The van der Waals surface area contributed by atoms with Crippen LogP contribution in [0.2, 0.25) is 0 Å². The number of rotatable bonds is 6. The molecule has 0 bridgehead atoms. The fourth-order valence-corrected chi connectivity index (χ4v) is 2.17. The second-order valence-corrected chi connectivity index (χ2v) is 5.21. The van der Waals surface area contributed by atoms with Crippen LogP contribution < -0.4 is 10.6 Å². The van der Waals surface area contributed by atoms with Gasteiger partial charge in [-0.15, -0.1) is 5.10 Å². The molecule has 0 fully saturated rings. The Balaban J connectivity index is 1.93. The average Bonchev–Trinajstić information content (AvgIpc) is 2.90. The average molecular weight is 316 g/mol. The highest BCUT2D eigenvalue weighted by atomic mass is 16.2. The fraction of sp³-hybridized carbons (Fsp3) is 0.400. The third kappa shape index (κ3) is 4.12. The maximum atomic E-state index is 12.3. The third-order valence-corrected chi connectivity index (χ3v) is 3.50. The summed E-state index contributed by atoms with van der Waals surface area (Å²) in [6.45, 7) is 5.82. The molecule has 0 unspecified atom stereocenters. The van der Waals surface area contributed by atoms with Gasteiger partial charge in [0.2, 0.25) is 0 Å². The van der Waals surface area contributed by atoms with Gasteiger partial charge in [-0.05, 0) is 32.4 Å². The van der Waals surface area contributed by atoms with E-state index < -0.39 is 0 Å². The van der Waals surface area contributed by atoms with Crippen molar-refractivity contribution >= 4 is 11.8 Å². The van der Waals surface area contributed by atoms with E-state index in [-0.39, 0.29) is 23.6 Å². The summed E-state index contributed by atoms with van der Waals surface area (Å²) in [4.78, 5) is 24.3. The first kappa shape index (κ1) is 16.6. The summed E-state index contributed by atoms with van der Waals surface area (Å²) >= 11 is 0. The molecule has 0 aromatic carbocycles. The predicted molar refractivity (Wildman–Crippen MR) is 84.0 cm³/mol. The van der Waals surface area contributed by atoms with Gasteiger partial charge in [0, 0.05) is 24.5 Å². The molecule has 3 N–H and O–H groups in total. The minimum absolute atomic E-state index is 0.183. The van der Waals surface area contributed by atoms with Crippen LogP contribution >= 0.6 is 0 Å². The minimum atomic E-state index is -0.318. The Kier molecular flexibility index (Phi) is 5.40. The Morgan fingerprint density at radius 3 is 2.65 bits per heavy atom. The van der Waals surface area contributed by atoms with Crippen LogP contribution in [0.4, 0.5) is 0 Å². The number of carbonyl (C=O) groups excluding carboxylic acids is 2. The van der Waals surface area contributed by atoms with E-state index in [2.05, 4.69) is 31.0 Å². The molecule has 2 amide bonds. The molecule has 23 heavy (non-hydrogen) atoms. The number of amides is 2. The number of nitrogens with one attached hydrogen (secondary N) is 3. The van der Waals surface area contributed by atoms with Gasteiger partial charge < -0.3 is 10.6 Å². The number of nitrogens with zero attached hydrogens (tertiary/aromatic N) is 3.